The molecular weight excluding hydrogens is 531 g/mol. The van der Waals surface area contributed by atoms with E-state index in [4.69, 9.17) is 37.4 Å². The number of nitrogens with zero attached hydrogens (tertiary/aromatic N) is 1. The van der Waals surface area contributed by atoms with E-state index in [-0.39, 0.29) is 12.5 Å². The van der Waals surface area contributed by atoms with E-state index in [9.17, 15) is 4.79 Å². The van der Waals surface area contributed by atoms with Crippen LogP contribution in [0.3, 0.4) is 0 Å². The fraction of sp³-hybridized carbons (Fsp3) is 0.167. The van der Waals surface area contributed by atoms with Gasteiger partial charge in [-0.05, 0) is 55.5 Å². The Labute approximate surface area is 210 Å². The van der Waals surface area contributed by atoms with E-state index in [0.717, 1.165) is 10.0 Å². The van der Waals surface area contributed by atoms with Crippen LogP contribution in [0.1, 0.15) is 28.4 Å². The predicted octanol–water partition coefficient (Wildman–Crippen LogP) is 6.51. The van der Waals surface area contributed by atoms with Crippen molar-refractivity contribution in [3.63, 3.8) is 0 Å². The van der Waals surface area contributed by atoms with Crippen LogP contribution in [0.5, 0.6) is 17.2 Å². The molecule has 1 amide bonds. The summed E-state index contributed by atoms with van der Waals surface area (Å²) in [5.74, 6) is 1.22. The summed E-state index contributed by atoms with van der Waals surface area (Å²) >= 11 is 15.6. The lowest BCUT2D eigenvalue weighted by Gasteiger charge is -2.11. The van der Waals surface area contributed by atoms with Gasteiger partial charge in [-0.25, -0.2) is 5.43 Å². The van der Waals surface area contributed by atoms with E-state index in [1.54, 1.807) is 43.5 Å². The van der Waals surface area contributed by atoms with Crippen LogP contribution in [0.4, 0.5) is 0 Å². The van der Waals surface area contributed by atoms with Crippen LogP contribution >= 0.6 is 39.1 Å². The van der Waals surface area contributed by atoms with Crippen LogP contribution in [-0.2, 0) is 6.61 Å². The number of hydrogen-bond acceptors (Lipinski definition) is 5. The molecule has 3 rings (SSSR count). The molecular formula is C24H21BrCl2N2O4. The molecule has 3 aromatic carbocycles. The molecule has 0 unspecified atom stereocenters. The number of halogens is 3. The molecule has 0 heterocycles. The molecule has 0 aliphatic heterocycles. The summed E-state index contributed by atoms with van der Waals surface area (Å²) in [6.45, 7) is 2.55. The van der Waals surface area contributed by atoms with Gasteiger partial charge < -0.3 is 14.2 Å². The largest absolute Gasteiger partial charge is 0.493 e. The van der Waals surface area contributed by atoms with Crippen LogP contribution < -0.4 is 19.6 Å². The Balaban J connectivity index is 1.71. The molecule has 0 spiro atoms. The summed E-state index contributed by atoms with van der Waals surface area (Å²) < 4.78 is 17.5. The number of nitrogens with one attached hydrogen (secondary N) is 1. The number of carbonyl (C=O) groups excluding carboxylic acids is 1. The van der Waals surface area contributed by atoms with Crippen molar-refractivity contribution in [3.05, 3.63) is 85.8 Å². The second kappa shape index (κ2) is 11.9. The van der Waals surface area contributed by atoms with Crippen LogP contribution in [0.15, 0.2) is 64.2 Å². The third-order valence-corrected chi connectivity index (χ3v) is 5.55. The molecule has 0 fully saturated rings. The number of benzene rings is 3. The quantitative estimate of drug-likeness (QED) is 0.243. The predicted molar refractivity (Wildman–Crippen MR) is 134 cm³/mol. The molecule has 6 nitrogen and oxygen atoms in total. The van der Waals surface area contributed by atoms with Gasteiger partial charge in [0.25, 0.3) is 5.91 Å². The molecule has 0 aliphatic rings. The Kier molecular flexibility index (Phi) is 9.00. The minimum Gasteiger partial charge on any atom is -0.493 e. The molecule has 0 bridgehead atoms. The third-order valence-electron chi connectivity index (χ3n) is 4.47. The van der Waals surface area contributed by atoms with Crippen molar-refractivity contribution in [2.24, 2.45) is 5.10 Å². The maximum absolute atomic E-state index is 12.5. The molecule has 1 N–H and O–H groups in total. The second-order valence-electron chi connectivity index (χ2n) is 6.70. The van der Waals surface area contributed by atoms with Crippen LogP contribution in [0.25, 0.3) is 0 Å². The minimum absolute atomic E-state index is 0.247. The second-order valence-corrected chi connectivity index (χ2v) is 8.46. The van der Waals surface area contributed by atoms with Gasteiger partial charge >= 0.3 is 0 Å². The van der Waals surface area contributed by atoms with Crippen LogP contribution in [0, 0.1) is 0 Å². The number of ether oxygens (including phenoxy) is 3. The average molecular weight is 552 g/mol. The first kappa shape index (κ1) is 24.9. The lowest BCUT2D eigenvalue weighted by molar-refractivity contribution is 0.0954. The van der Waals surface area contributed by atoms with E-state index in [1.807, 2.05) is 25.1 Å². The van der Waals surface area contributed by atoms with Gasteiger partial charge in [-0.1, -0.05) is 45.2 Å². The van der Waals surface area contributed by atoms with Gasteiger partial charge in [0, 0.05) is 31.2 Å². The van der Waals surface area contributed by atoms with Crippen molar-refractivity contribution < 1.29 is 19.0 Å². The van der Waals surface area contributed by atoms with Crippen molar-refractivity contribution in [1.29, 1.82) is 0 Å². The van der Waals surface area contributed by atoms with Gasteiger partial charge in [-0.15, -0.1) is 0 Å². The van der Waals surface area contributed by atoms with E-state index >= 15 is 0 Å². The van der Waals surface area contributed by atoms with E-state index in [2.05, 4.69) is 26.5 Å². The van der Waals surface area contributed by atoms with Crippen molar-refractivity contribution in [2.75, 3.05) is 13.7 Å². The standard InChI is InChI=1S/C24H21BrCl2N2O4/c1-3-32-23-11-15(5-8-22(23)31-2)24(30)29-28-13-17-10-18(25)6-9-21(17)33-14-16-4-7-19(26)12-20(16)27/h4-13H,3,14H2,1-2H3,(H,29,30)/b28-13+. The minimum atomic E-state index is -0.389. The fourth-order valence-corrected chi connectivity index (χ4v) is 3.70. The zero-order valence-corrected chi connectivity index (χ0v) is 21.0. The van der Waals surface area contributed by atoms with Gasteiger partial charge in [0.1, 0.15) is 12.4 Å². The molecule has 33 heavy (non-hydrogen) atoms. The number of rotatable bonds is 9. The summed E-state index contributed by atoms with van der Waals surface area (Å²) in [7, 11) is 1.54. The Bertz CT molecular complexity index is 1170. The Hall–Kier alpha value is -2.74. The van der Waals surface area contributed by atoms with Crippen molar-refractivity contribution in [1.82, 2.24) is 5.43 Å². The fourth-order valence-electron chi connectivity index (χ4n) is 2.86. The van der Waals surface area contributed by atoms with E-state index < -0.39 is 0 Å². The summed E-state index contributed by atoms with van der Waals surface area (Å²) in [6, 6.07) is 15.6. The molecule has 0 radical (unpaired) electrons. The molecule has 0 saturated heterocycles. The highest BCUT2D eigenvalue weighted by Crippen LogP contribution is 2.28. The van der Waals surface area contributed by atoms with Gasteiger partial charge in [0.2, 0.25) is 0 Å². The zero-order valence-electron chi connectivity index (χ0n) is 17.9. The Morgan fingerprint density at radius 2 is 1.82 bits per heavy atom. The zero-order chi connectivity index (χ0) is 23.8. The summed E-state index contributed by atoms with van der Waals surface area (Å²) in [4.78, 5) is 12.5. The molecule has 0 atom stereocenters. The summed E-state index contributed by atoms with van der Waals surface area (Å²) in [5, 5.41) is 5.16. The van der Waals surface area contributed by atoms with Gasteiger partial charge in [-0.2, -0.15) is 5.10 Å². The van der Waals surface area contributed by atoms with Crippen molar-refractivity contribution in [3.8, 4) is 17.2 Å². The first-order valence-corrected chi connectivity index (χ1v) is 11.5. The van der Waals surface area contributed by atoms with Crippen molar-refractivity contribution in [2.45, 2.75) is 13.5 Å². The molecule has 0 saturated carbocycles. The topological polar surface area (TPSA) is 69.2 Å². The average Bonchev–Trinajstić information content (AvgIpc) is 2.79. The smallest absolute Gasteiger partial charge is 0.271 e. The highest BCUT2D eigenvalue weighted by molar-refractivity contribution is 9.10. The van der Waals surface area contributed by atoms with Gasteiger partial charge in [0.15, 0.2) is 11.5 Å². The van der Waals surface area contributed by atoms with Crippen molar-refractivity contribution >= 4 is 51.3 Å². The number of hydrogen-bond donors (Lipinski definition) is 1. The summed E-state index contributed by atoms with van der Waals surface area (Å²) in [6.07, 6.45) is 1.51. The summed E-state index contributed by atoms with van der Waals surface area (Å²) in [5.41, 5.74) is 4.37. The number of hydrazone groups is 1. The number of carbonyl (C=O) groups is 1. The normalized spacial score (nSPS) is 10.8. The first-order valence-electron chi connectivity index (χ1n) is 9.91. The lowest BCUT2D eigenvalue weighted by Crippen LogP contribution is -2.17. The van der Waals surface area contributed by atoms with E-state index in [1.165, 1.54) is 6.21 Å². The molecule has 0 aliphatic carbocycles. The first-order chi connectivity index (χ1) is 15.9. The maximum Gasteiger partial charge on any atom is 0.271 e. The monoisotopic (exact) mass is 550 g/mol. The van der Waals surface area contributed by atoms with E-state index in [0.29, 0.717) is 45.0 Å². The molecule has 3 aromatic rings. The van der Waals surface area contributed by atoms with Crippen LogP contribution in [-0.4, -0.2) is 25.8 Å². The highest BCUT2D eigenvalue weighted by Gasteiger charge is 2.11. The highest BCUT2D eigenvalue weighted by atomic mass is 79.9. The third kappa shape index (κ3) is 6.87. The SMILES string of the molecule is CCOc1cc(C(=O)N/N=C/c2cc(Br)ccc2OCc2ccc(Cl)cc2Cl)ccc1OC. The Morgan fingerprint density at radius 1 is 1.03 bits per heavy atom. The van der Waals surface area contributed by atoms with Gasteiger partial charge in [0.05, 0.1) is 19.9 Å². The lowest BCUT2D eigenvalue weighted by atomic mass is 10.2. The molecule has 172 valence electrons. The maximum atomic E-state index is 12.5. The Morgan fingerprint density at radius 3 is 2.55 bits per heavy atom. The van der Waals surface area contributed by atoms with Gasteiger partial charge in [-0.3, -0.25) is 4.79 Å². The number of methoxy groups -OCH3 is 1. The molecule has 0 aromatic heterocycles. The number of amides is 1. The van der Waals surface area contributed by atoms with Crippen LogP contribution in [0.2, 0.25) is 10.0 Å². The molecule has 9 heteroatoms.